The molecule has 0 bridgehead atoms. The Bertz CT molecular complexity index is 664. The molecule has 8 heteroatoms. The molecule has 0 unspecified atom stereocenters. The van der Waals surface area contributed by atoms with Crippen LogP contribution in [0, 0.1) is 10.1 Å². The topological polar surface area (TPSA) is 78.2 Å². The van der Waals surface area contributed by atoms with Gasteiger partial charge in [-0.25, -0.2) is 4.98 Å². The van der Waals surface area contributed by atoms with Gasteiger partial charge in [0.1, 0.15) is 5.02 Å². The third kappa shape index (κ3) is 3.15. The van der Waals surface area contributed by atoms with E-state index in [0.29, 0.717) is 6.42 Å². The Labute approximate surface area is 124 Å². The largest absolute Gasteiger partial charge is 0.430 e. The van der Waals surface area contributed by atoms with Crippen molar-refractivity contribution in [2.75, 3.05) is 0 Å². The molecule has 2 aromatic rings. The van der Waals surface area contributed by atoms with E-state index in [1.54, 1.807) is 6.07 Å². The minimum atomic E-state index is -0.523. The fourth-order valence-electron chi connectivity index (χ4n) is 1.52. The number of nitro groups is 1. The predicted molar refractivity (Wildman–Crippen MR) is 74.6 cm³/mol. The Kier molecular flexibility index (Phi) is 4.36. The number of halogens is 2. The van der Waals surface area contributed by atoms with E-state index >= 15 is 0 Å². The van der Waals surface area contributed by atoms with Crippen LogP contribution in [0.25, 0.3) is 0 Å². The molecule has 1 aromatic carbocycles. The summed E-state index contributed by atoms with van der Waals surface area (Å²) in [7, 11) is 0. The highest BCUT2D eigenvalue weighted by atomic mass is 35.5. The van der Waals surface area contributed by atoms with Crippen LogP contribution in [-0.2, 0) is 6.42 Å². The summed E-state index contributed by atoms with van der Waals surface area (Å²) in [5.74, 6) is 0.0166. The second kappa shape index (κ2) is 6.02. The monoisotopic (exact) mass is 313 g/mol. The summed E-state index contributed by atoms with van der Waals surface area (Å²) in [6.45, 7) is 1.90. The molecule has 0 fully saturated rings. The number of nitro benzene ring substituents is 1. The average molecular weight is 314 g/mol. The van der Waals surface area contributed by atoms with Crippen LogP contribution < -0.4 is 4.74 Å². The van der Waals surface area contributed by atoms with Gasteiger partial charge in [-0.05, 0) is 29.7 Å². The lowest BCUT2D eigenvalue weighted by Gasteiger charge is -2.07. The number of benzene rings is 1. The number of rotatable bonds is 4. The summed E-state index contributed by atoms with van der Waals surface area (Å²) in [6.07, 6.45) is 1.94. The molecule has 0 atom stereocenters. The number of nitrogens with zero attached hydrogens (tertiary/aromatic N) is 3. The fourth-order valence-corrected chi connectivity index (χ4v) is 1.77. The summed E-state index contributed by atoms with van der Waals surface area (Å²) >= 11 is 11.5. The van der Waals surface area contributed by atoms with Crippen molar-refractivity contribution in [1.29, 1.82) is 0 Å². The molecule has 0 aliphatic rings. The lowest BCUT2D eigenvalue weighted by molar-refractivity contribution is -0.385. The van der Waals surface area contributed by atoms with Crippen molar-refractivity contribution in [3.05, 3.63) is 50.4 Å². The summed E-state index contributed by atoms with van der Waals surface area (Å²) in [6, 6.07) is 4.69. The molecular formula is C12H9Cl2N3O3. The van der Waals surface area contributed by atoms with Gasteiger partial charge in [0.25, 0.3) is 0 Å². The zero-order valence-corrected chi connectivity index (χ0v) is 11.9. The summed E-state index contributed by atoms with van der Waals surface area (Å²) in [5, 5.41) is 11.1. The molecule has 0 amide bonds. The second-order valence-electron chi connectivity index (χ2n) is 3.81. The molecule has 104 valence electrons. The molecule has 2 rings (SSSR count). The van der Waals surface area contributed by atoms with E-state index in [2.05, 4.69) is 9.97 Å². The van der Waals surface area contributed by atoms with Crippen molar-refractivity contribution in [2.45, 2.75) is 13.3 Å². The van der Waals surface area contributed by atoms with Gasteiger partial charge in [0.05, 0.1) is 11.1 Å². The third-order valence-corrected chi connectivity index (χ3v) is 2.96. The summed E-state index contributed by atoms with van der Waals surface area (Å²) < 4.78 is 5.37. The van der Waals surface area contributed by atoms with Crippen molar-refractivity contribution >= 4 is 28.9 Å². The lowest BCUT2D eigenvalue weighted by Crippen LogP contribution is -1.97. The molecule has 1 heterocycles. The van der Waals surface area contributed by atoms with Gasteiger partial charge in [0.2, 0.25) is 16.9 Å². The van der Waals surface area contributed by atoms with Crippen molar-refractivity contribution in [1.82, 2.24) is 9.97 Å². The van der Waals surface area contributed by atoms with Gasteiger partial charge < -0.3 is 4.74 Å². The van der Waals surface area contributed by atoms with Crippen molar-refractivity contribution < 1.29 is 9.66 Å². The van der Waals surface area contributed by atoms with Crippen LogP contribution in [0.5, 0.6) is 11.6 Å². The molecule has 0 N–H and O–H groups in total. The van der Waals surface area contributed by atoms with Crippen LogP contribution in [0.15, 0.2) is 24.4 Å². The zero-order chi connectivity index (χ0) is 14.7. The molecule has 1 aromatic heterocycles. The quantitative estimate of drug-likeness (QED) is 0.483. The van der Waals surface area contributed by atoms with Crippen molar-refractivity contribution in [3.63, 3.8) is 0 Å². The van der Waals surface area contributed by atoms with Crippen LogP contribution in [0.2, 0.25) is 10.3 Å². The first kappa shape index (κ1) is 14.5. The van der Waals surface area contributed by atoms with Gasteiger partial charge in [0, 0.05) is 6.07 Å². The van der Waals surface area contributed by atoms with Gasteiger partial charge >= 0.3 is 5.69 Å². The van der Waals surface area contributed by atoms with Crippen LogP contribution in [-0.4, -0.2) is 14.9 Å². The summed E-state index contributed by atoms with van der Waals surface area (Å²) in [5.41, 5.74) is 0.672. The second-order valence-corrected chi connectivity index (χ2v) is 4.55. The highest BCUT2D eigenvalue weighted by molar-refractivity contribution is 6.32. The summed E-state index contributed by atoms with van der Waals surface area (Å²) in [4.78, 5) is 18.0. The molecule has 0 radical (unpaired) electrons. The number of aryl methyl sites for hydroxylation is 1. The third-order valence-electron chi connectivity index (χ3n) is 2.52. The highest BCUT2D eigenvalue weighted by Crippen LogP contribution is 2.34. The fraction of sp³-hybridized carbons (Fsp3) is 0.167. The van der Waals surface area contributed by atoms with Crippen LogP contribution in [0.3, 0.4) is 0 Å². The molecular weight excluding hydrogens is 305 g/mol. The highest BCUT2D eigenvalue weighted by Gasteiger charge is 2.18. The van der Waals surface area contributed by atoms with E-state index in [1.165, 1.54) is 18.3 Å². The molecule has 0 saturated carbocycles. The van der Waals surface area contributed by atoms with E-state index in [0.717, 1.165) is 5.56 Å². The minimum Gasteiger partial charge on any atom is -0.430 e. The average Bonchev–Trinajstić information content (AvgIpc) is 2.43. The Balaban J connectivity index is 2.42. The molecule has 0 aliphatic heterocycles. The first-order chi connectivity index (χ1) is 9.51. The number of hydrogen-bond acceptors (Lipinski definition) is 5. The van der Waals surface area contributed by atoms with Crippen LogP contribution in [0.1, 0.15) is 12.5 Å². The molecule has 0 aliphatic carbocycles. The molecule has 20 heavy (non-hydrogen) atoms. The first-order valence-electron chi connectivity index (χ1n) is 5.64. The van der Waals surface area contributed by atoms with Gasteiger partial charge in [-0.1, -0.05) is 24.6 Å². The first-order valence-corrected chi connectivity index (χ1v) is 6.40. The Hall–Kier alpha value is -1.92. The van der Waals surface area contributed by atoms with E-state index in [-0.39, 0.29) is 27.6 Å². The smallest absolute Gasteiger partial charge is 0.311 e. The Morgan fingerprint density at radius 2 is 2.15 bits per heavy atom. The maximum absolute atomic E-state index is 11.1. The minimum absolute atomic E-state index is 0.0287. The number of hydrogen-bond donors (Lipinski definition) is 0. The normalized spacial score (nSPS) is 10.3. The van der Waals surface area contributed by atoms with Gasteiger partial charge in [0.15, 0.2) is 0 Å². The zero-order valence-electron chi connectivity index (χ0n) is 10.3. The van der Waals surface area contributed by atoms with E-state index < -0.39 is 4.92 Å². The lowest BCUT2D eigenvalue weighted by atomic mass is 10.1. The van der Waals surface area contributed by atoms with E-state index in [1.807, 2.05) is 6.92 Å². The molecule has 6 nitrogen and oxygen atoms in total. The molecule has 0 saturated heterocycles. The Morgan fingerprint density at radius 3 is 2.80 bits per heavy atom. The predicted octanol–water partition coefficient (Wildman–Crippen LogP) is 4.05. The standard InChI is InChI=1S/C12H9Cl2N3O3/c1-2-7-3-4-10(9(5-7)17(18)19)20-11-8(13)6-15-12(14)16-11/h3-6H,2H2,1H3. The number of aromatic nitrogens is 2. The SMILES string of the molecule is CCc1ccc(Oc2nc(Cl)ncc2Cl)c([N+](=O)[O-])c1. The van der Waals surface area contributed by atoms with Crippen molar-refractivity contribution in [3.8, 4) is 11.6 Å². The van der Waals surface area contributed by atoms with Crippen LogP contribution in [0.4, 0.5) is 5.69 Å². The Morgan fingerprint density at radius 1 is 1.40 bits per heavy atom. The van der Waals surface area contributed by atoms with E-state index in [9.17, 15) is 10.1 Å². The van der Waals surface area contributed by atoms with Gasteiger partial charge in [-0.2, -0.15) is 4.98 Å². The van der Waals surface area contributed by atoms with Crippen molar-refractivity contribution in [2.24, 2.45) is 0 Å². The maximum atomic E-state index is 11.1. The maximum Gasteiger partial charge on any atom is 0.311 e. The van der Waals surface area contributed by atoms with E-state index in [4.69, 9.17) is 27.9 Å². The number of ether oxygens (including phenoxy) is 1. The van der Waals surface area contributed by atoms with Crippen LogP contribution >= 0.6 is 23.2 Å². The van der Waals surface area contributed by atoms with Gasteiger partial charge in [-0.3, -0.25) is 10.1 Å². The molecule has 0 spiro atoms. The van der Waals surface area contributed by atoms with Gasteiger partial charge in [-0.15, -0.1) is 0 Å².